The van der Waals surface area contributed by atoms with E-state index in [0.717, 1.165) is 36.4 Å². The molecule has 1 fully saturated rings. The number of carbonyl (C=O) groups excluding carboxylic acids is 3. The van der Waals surface area contributed by atoms with Crippen molar-refractivity contribution in [3.63, 3.8) is 0 Å². The van der Waals surface area contributed by atoms with Crippen LogP contribution in [0.4, 0.5) is 11.4 Å². The summed E-state index contributed by atoms with van der Waals surface area (Å²) in [5.74, 6) is -0.312. The Balaban J connectivity index is 1.53. The number of anilines is 2. The number of piperidine rings is 1. The third kappa shape index (κ3) is 4.67. The maximum atomic E-state index is 13.1. The molecule has 7 heteroatoms. The summed E-state index contributed by atoms with van der Waals surface area (Å²) in [6, 6.07) is 14.2. The van der Waals surface area contributed by atoms with Gasteiger partial charge in [0.25, 0.3) is 17.7 Å². The molecule has 0 aliphatic carbocycles. The second-order valence-electron chi connectivity index (χ2n) is 9.09. The fourth-order valence-corrected chi connectivity index (χ4v) is 4.50. The molecule has 0 spiro atoms. The average molecular weight is 466 g/mol. The highest BCUT2D eigenvalue weighted by molar-refractivity contribution is 6.53. The fourth-order valence-electron chi connectivity index (χ4n) is 4.28. The molecule has 1 unspecified atom stereocenters. The Bertz CT molecular complexity index is 1120. The largest absolute Gasteiger partial charge is 0.350 e. The van der Waals surface area contributed by atoms with Crippen LogP contribution < -0.4 is 10.2 Å². The lowest BCUT2D eigenvalue weighted by Gasteiger charge is -2.31. The van der Waals surface area contributed by atoms with Gasteiger partial charge in [-0.25, -0.2) is 4.90 Å². The van der Waals surface area contributed by atoms with Crippen LogP contribution in [-0.2, 0) is 9.59 Å². The molecule has 1 atom stereocenters. The molecule has 172 valence electrons. The highest BCUT2D eigenvalue weighted by Crippen LogP contribution is 2.31. The van der Waals surface area contributed by atoms with Gasteiger partial charge < -0.3 is 10.2 Å². The lowest BCUT2D eigenvalue weighted by Crippen LogP contribution is -2.39. The van der Waals surface area contributed by atoms with E-state index >= 15 is 0 Å². The minimum absolute atomic E-state index is 0.00537. The Morgan fingerprint density at radius 2 is 1.82 bits per heavy atom. The lowest BCUT2D eigenvalue weighted by molar-refractivity contribution is -0.120. The topological polar surface area (TPSA) is 69.7 Å². The first-order chi connectivity index (χ1) is 15.8. The fraction of sp³-hybridized carbons (Fsp3) is 0.346. The number of rotatable bonds is 5. The van der Waals surface area contributed by atoms with Crippen LogP contribution in [-0.4, -0.2) is 35.7 Å². The van der Waals surface area contributed by atoms with Gasteiger partial charge in [-0.2, -0.15) is 0 Å². The Morgan fingerprint density at radius 1 is 1.09 bits per heavy atom. The molecule has 6 nitrogen and oxygen atoms in total. The molecule has 1 N–H and O–H groups in total. The minimum Gasteiger partial charge on any atom is -0.350 e. The molecular formula is C26H28ClN3O3. The van der Waals surface area contributed by atoms with Gasteiger partial charge in [0, 0.05) is 24.3 Å². The van der Waals surface area contributed by atoms with Gasteiger partial charge in [-0.3, -0.25) is 14.4 Å². The van der Waals surface area contributed by atoms with Gasteiger partial charge in [0.15, 0.2) is 0 Å². The molecule has 0 saturated carbocycles. The van der Waals surface area contributed by atoms with E-state index in [2.05, 4.69) is 26.1 Å². The second kappa shape index (κ2) is 9.40. The van der Waals surface area contributed by atoms with E-state index in [1.807, 2.05) is 17.0 Å². The summed E-state index contributed by atoms with van der Waals surface area (Å²) in [6.07, 6.45) is 2.13. The smallest absolute Gasteiger partial charge is 0.283 e. The Kier molecular flexibility index (Phi) is 6.56. The summed E-state index contributed by atoms with van der Waals surface area (Å²) in [5.41, 5.74) is 2.64. The SMILES string of the molecule is CC1CCCN(C(=O)c2cccc(NC3=C(Cl)C(=O)N(c4ccc(C(C)C)cc4)C3=O)c2)C1. The van der Waals surface area contributed by atoms with Crippen LogP contribution in [0.1, 0.15) is 55.5 Å². The molecule has 1 saturated heterocycles. The van der Waals surface area contributed by atoms with Crippen molar-refractivity contribution in [3.8, 4) is 0 Å². The van der Waals surface area contributed by atoms with Crippen LogP contribution in [0.3, 0.4) is 0 Å². The van der Waals surface area contributed by atoms with E-state index < -0.39 is 11.8 Å². The molecule has 0 radical (unpaired) electrons. The number of imide groups is 1. The van der Waals surface area contributed by atoms with Crippen molar-refractivity contribution in [3.05, 3.63) is 70.4 Å². The van der Waals surface area contributed by atoms with Gasteiger partial charge in [0.05, 0.1) is 5.69 Å². The van der Waals surface area contributed by atoms with Crippen LogP contribution >= 0.6 is 11.6 Å². The quantitative estimate of drug-likeness (QED) is 0.622. The van der Waals surface area contributed by atoms with Crippen LogP contribution in [0, 0.1) is 5.92 Å². The summed E-state index contributed by atoms with van der Waals surface area (Å²) in [7, 11) is 0. The Hall–Kier alpha value is -3.12. The van der Waals surface area contributed by atoms with Crippen molar-refractivity contribution in [2.24, 2.45) is 5.92 Å². The van der Waals surface area contributed by atoms with Crippen LogP contribution in [0.25, 0.3) is 0 Å². The van der Waals surface area contributed by atoms with Gasteiger partial charge in [-0.05, 0) is 60.6 Å². The predicted molar refractivity (Wildman–Crippen MR) is 130 cm³/mol. The number of benzene rings is 2. The molecule has 0 aromatic heterocycles. The van der Waals surface area contributed by atoms with E-state index in [0.29, 0.717) is 28.8 Å². The number of halogens is 1. The van der Waals surface area contributed by atoms with E-state index in [4.69, 9.17) is 11.6 Å². The maximum Gasteiger partial charge on any atom is 0.283 e. The number of hydrogen-bond acceptors (Lipinski definition) is 4. The van der Waals surface area contributed by atoms with Gasteiger partial charge in [0.1, 0.15) is 10.7 Å². The molecule has 2 aliphatic rings. The van der Waals surface area contributed by atoms with Crippen molar-refractivity contribution in [1.82, 2.24) is 4.90 Å². The molecule has 33 heavy (non-hydrogen) atoms. The zero-order valence-corrected chi connectivity index (χ0v) is 19.9. The van der Waals surface area contributed by atoms with E-state index in [1.54, 1.807) is 36.4 Å². The van der Waals surface area contributed by atoms with Crippen molar-refractivity contribution in [2.45, 2.75) is 39.5 Å². The number of nitrogens with zero attached hydrogens (tertiary/aromatic N) is 2. The highest BCUT2D eigenvalue weighted by Gasteiger charge is 2.39. The van der Waals surface area contributed by atoms with Crippen molar-refractivity contribution in [1.29, 1.82) is 0 Å². The summed E-state index contributed by atoms with van der Waals surface area (Å²) in [5, 5.41) is 2.80. The van der Waals surface area contributed by atoms with Crippen LogP contribution in [0.2, 0.25) is 0 Å². The second-order valence-corrected chi connectivity index (χ2v) is 9.46. The first-order valence-electron chi connectivity index (χ1n) is 11.3. The Morgan fingerprint density at radius 3 is 2.48 bits per heavy atom. The van der Waals surface area contributed by atoms with Crippen LogP contribution in [0.5, 0.6) is 0 Å². The number of nitrogens with one attached hydrogen (secondary N) is 1. The van der Waals surface area contributed by atoms with Crippen LogP contribution in [0.15, 0.2) is 59.3 Å². The normalized spacial score (nSPS) is 19.0. The van der Waals surface area contributed by atoms with Gasteiger partial charge in [-0.15, -0.1) is 0 Å². The summed E-state index contributed by atoms with van der Waals surface area (Å²) in [4.78, 5) is 41.7. The standard InChI is InChI=1S/C26H28ClN3O3/c1-16(2)18-9-11-21(12-10-18)30-25(32)22(27)23(26(30)33)28-20-8-4-7-19(14-20)24(31)29-13-5-6-17(3)15-29/h4,7-12,14,16-17,28H,5-6,13,15H2,1-3H3. The lowest BCUT2D eigenvalue weighted by atomic mass is 9.99. The summed E-state index contributed by atoms with van der Waals surface area (Å²) < 4.78 is 0. The molecule has 2 aromatic rings. The maximum absolute atomic E-state index is 13.1. The van der Waals surface area contributed by atoms with Crippen molar-refractivity contribution in [2.75, 3.05) is 23.3 Å². The average Bonchev–Trinajstić information content (AvgIpc) is 3.02. The summed E-state index contributed by atoms with van der Waals surface area (Å²) >= 11 is 6.27. The van der Waals surface area contributed by atoms with E-state index in [-0.39, 0.29) is 16.6 Å². The summed E-state index contributed by atoms with van der Waals surface area (Å²) in [6.45, 7) is 7.79. The molecule has 4 rings (SSSR count). The third-order valence-electron chi connectivity index (χ3n) is 6.17. The van der Waals surface area contributed by atoms with Gasteiger partial charge >= 0.3 is 0 Å². The first kappa shape index (κ1) is 23.1. The molecule has 0 bridgehead atoms. The van der Waals surface area contributed by atoms with E-state index in [9.17, 15) is 14.4 Å². The van der Waals surface area contributed by atoms with Gasteiger partial charge in [-0.1, -0.05) is 50.6 Å². The third-order valence-corrected chi connectivity index (χ3v) is 6.52. The van der Waals surface area contributed by atoms with Crippen molar-refractivity contribution >= 4 is 40.7 Å². The number of carbonyl (C=O) groups is 3. The minimum atomic E-state index is -0.573. The number of likely N-dealkylation sites (tertiary alicyclic amines) is 1. The predicted octanol–water partition coefficient (Wildman–Crippen LogP) is 5.12. The highest BCUT2D eigenvalue weighted by atomic mass is 35.5. The monoisotopic (exact) mass is 465 g/mol. The van der Waals surface area contributed by atoms with Gasteiger partial charge in [0.2, 0.25) is 0 Å². The molecular weight excluding hydrogens is 438 g/mol. The Labute approximate surface area is 199 Å². The molecule has 2 aromatic carbocycles. The van der Waals surface area contributed by atoms with Crippen molar-refractivity contribution < 1.29 is 14.4 Å². The number of hydrogen-bond donors (Lipinski definition) is 1. The molecule has 3 amide bonds. The zero-order chi connectivity index (χ0) is 23.7. The molecule has 2 aliphatic heterocycles. The zero-order valence-electron chi connectivity index (χ0n) is 19.1. The first-order valence-corrected chi connectivity index (χ1v) is 11.7. The molecule has 2 heterocycles. The van der Waals surface area contributed by atoms with E-state index in [1.165, 1.54) is 0 Å². The number of amides is 3.